The highest BCUT2D eigenvalue weighted by Crippen LogP contribution is 2.30. The van der Waals surface area contributed by atoms with Gasteiger partial charge in [-0.2, -0.15) is 0 Å². The van der Waals surface area contributed by atoms with E-state index in [0.29, 0.717) is 0 Å². The molecule has 0 aromatic heterocycles. The molecule has 0 saturated carbocycles. The number of halogens is 4. The topological polar surface area (TPSA) is 38.7 Å². The van der Waals surface area contributed by atoms with Gasteiger partial charge in [-0.3, -0.25) is 4.79 Å². The van der Waals surface area contributed by atoms with Gasteiger partial charge in [0, 0.05) is 12.5 Å². The molecule has 0 saturated heterocycles. The molecule has 92 valence electrons. The zero-order valence-electron chi connectivity index (χ0n) is 8.85. The molecule has 1 aromatic rings. The van der Waals surface area contributed by atoms with Gasteiger partial charge >= 0.3 is 0 Å². The predicted octanol–water partition coefficient (Wildman–Crippen LogP) is 2.77. The van der Waals surface area contributed by atoms with Crippen molar-refractivity contribution in [1.82, 2.24) is 0 Å². The highest BCUT2D eigenvalue weighted by molar-refractivity contribution is 5.82. The highest BCUT2D eigenvalue weighted by atomic mass is 19.2. The molecule has 3 nitrogen and oxygen atoms in total. The number of hydrogen-bond donors (Lipinski definition) is 0. The summed E-state index contributed by atoms with van der Waals surface area (Å²) in [6.07, 6.45) is 0. The lowest BCUT2D eigenvalue weighted by Gasteiger charge is -2.06. The van der Waals surface area contributed by atoms with E-state index in [4.69, 9.17) is 0 Å². The Bertz CT molecular complexity index is 471. The van der Waals surface area contributed by atoms with Crippen LogP contribution in [0.4, 0.5) is 23.2 Å². The first-order valence-corrected chi connectivity index (χ1v) is 4.38. The van der Waals surface area contributed by atoms with E-state index in [9.17, 15) is 22.4 Å². The lowest BCUT2D eigenvalue weighted by molar-refractivity contribution is -0.121. The van der Waals surface area contributed by atoms with E-state index in [0.717, 1.165) is 6.92 Å². The summed E-state index contributed by atoms with van der Waals surface area (Å²) in [5, 5.41) is 0. The molecule has 0 aliphatic carbocycles. The molecule has 0 bridgehead atoms. The normalized spacial score (nSPS) is 11.5. The number of ether oxygens (including phenoxy) is 1. The molecule has 0 atom stereocenters. The molecule has 1 aromatic carbocycles. The van der Waals surface area contributed by atoms with Gasteiger partial charge in [0.25, 0.3) is 6.47 Å². The van der Waals surface area contributed by atoms with Crippen LogP contribution in [-0.4, -0.2) is 12.4 Å². The summed E-state index contributed by atoms with van der Waals surface area (Å²) in [5.41, 5.74) is -1.27. The Morgan fingerprint density at radius 2 is 1.65 bits per heavy atom. The van der Waals surface area contributed by atoms with Gasteiger partial charge in [0.05, 0.1) is 0 Å². The summed E-state index contributed by atoms with van der Waals surface area (Å²) in [5.74, 6) is -7.39. The molecule has 17 heavy (non-hydrogen) atoms. The van der Waals surface area contributed by atoms with Crippen molar-refractivity contribution >= 4 is 18.1 Å². The lowest BCUT2D eigenvalue weighted by atomic mass is 10.1. The number of carbonyl (C=O) groups excluding carboxylic acids is 1. The first kappa shape index (κ1) is 13.1. The summed E-state index contributed by atoms with van der Waals surface area (Å²) in [6, 6.07) is 0. The Labute approximate surface area is 93.7 Å². The number of nitrogens with zero attached hydrogens (tertiary/aromatic N) is 1. The fourth-order valence-corrected chi connectivity index (χ4v) is 1.12. The van der Waals surface area contributed by atoms with Crippen molar-refractivity contribution in [3.8, 4) is 0 Å². The maximum absolute atomic E-state index is 13.3. The minimum Gasteiger partial charge on any atom is -0.414 e. The molecule has 7 heteroatoms. The molecule has 0 unspecified atom stereocenters. The van der Waals surface area contributed by atoms with Crippen LogP contribution in [-0.2, 0) is 9.53 Å². The molecule has 1 rings (SSSR count). The van der Waals surface area contributed by atoms with Crippen molar-refractivity contribution in [1.29, 1.82) is 0 Å². The Kier molecular flexibility index (Phi) is 3.82. The largest absolute Gasteiger partial charge is 0.414 e. The number of benzene rings is 1. The van der Waals surface area contributed by atoms with E-state index >= 15 is 0 Å². The standard InChI is InChI=1S/C10H7F4NO2/c1-4-6(11)7(12)8(13)9(14)10(4)15-5(2)17-3-16/h3H,1-2H3. The first-order valence-electron chi connectivity index (χ1n) is 4.38. The van der Waals surface area contributed by atoms with Crippen molar-refractivity contribution < 1.29 is 27.1 Å². The molecule has 0 amide bonds. The quantitative estimate of drug-likeness (QED) is 0.202. The maximum Gasteiger partial charge on any atom is 0.299 e. The molecular weight excluding hydrogens is 242 g/mol. The van der Waals surface area contributed by atoms with E-state index in [1.165, 1.54) is 6.92 Å². The average molecular weight is 249 g/mol. The van der Waals surface area contributed by atoms with E-state index in [2.05, 4.69) is 9.73 Å². The minimum atomic E-state index is -1.97. The summed E-state index contributed by atoms with van der Waals surface area (Å²) in [6.45, 7) is 2.21. The monoisotopic (exact) mass is 249 g/mol. The van der Waals surface area contributed by atoms with E-state index < -0.39 is 34.5 Å². The Morgan fingerprint density at radius 3 is 2.18 bits per heavy atom. The van der Waals surface area contributed by atoms with Crippen LogP contribution in [0.2, 0.25) is 0 Å². The third kappa shape index (κ3) is 2.43. The molecular formula is C10H7F4NO2. The third-order valence-corrected chi connectivity index (χ3v) is 1.96. The fraction of sp³-hybridized carbons (Fsp3) is 0.200. The Balaban J connectivity index is 3.44. The minimum absolute atomic E-state index is 0.0162. The SMILES string of the molecule is CC(=Nc1c(C)c(F)c(F)c(F)c1F)OC=O. The number of hydrogen-bond acceptors (Lipinski definition) is 3. The van der Waals surface area contributed by atoms with Crippen LogP contribution in [0.1, 0.15) is 12.5 Å². The zero-order chi connectivity index (χ0) is 13.2. The second-order valence-electron chi connectivity index (χ2n) is 3.07. The van der Waals surface area contributed by atoms with Crippen LogP contribution in [0.3, 0.4) is 0 Å². The van der Waals surface area contributed by atoms with Gasteiger partial charge in [-0.05, 0) is 6.92 Å². The van der Waals surface area contributed by atoms with E-state index in [1.807, 2.05) is 0 Å². The van der Waals surface area contributed by atoms with Gasteiger partial charge in [-0.15, -0.1) is 0 Å². The second kappa shape index (κ2) is 4.94. The van der Waals surface area contributed by atoms with Crippen LogP contribution >= 0.6 is 0 Å². The highest BCUT2D eigenvalue weighted by Gasteiger charge is 2.22. The summed E-state index contributed by atoms with van der Waals surface area (Å²) < 4.78 is 56.3. The third-order valence-electron chi connectivity index (χ3n) is 1.96. The maximum atomic E-state index is 13.3. The zero-order valence-corrected chi connectivity index (χ0v) is 8.85. The summed E-state index contributed by atoms with van der Waals surface area (Å²) >= 11 is 0. The first-order chi connectivity index (χ1) is 7.90. The van der Waals surface area contributed by atoms with Gasteiger partial charge < -0.3 is 4.74 Å². The average Bonchev–Trinajstić information content (AvgIpc) is 2.30. The van der Waals surface area contributed by atoms with Crippen molar-refractivity contribution in [3.05, 3.63) is 28.8 Å². The van der Waals surface area contributed by atoms with Crippen molar-refractivity contribution in [2.75, 3.05) is 0 Å². The summed E-state index contributed by atoms with van der Waals surface area (Å²) in [7, 11) is 0. The van der Waals surface area contributed by atoms with Crippen molar-refractivity contribution in [2.45, 2.75) is 13.8 Å². The Morgan fingerprint density at radius 1 is 1.12 bits per heavy atom. The van der Waals surface area contributed by atoms with Gasteiger partial charge in [0.1, 0.15) is 5.69 Å². The van der Waals surface area contributed by atoms with E-state index in [-0.39, 0.29) is 12.4 Å². The van der Waals surface area contributed by atoms with Crippen LogP contribution in [0, 0.1) is 30.2 Å². The van der Waals surface area contributed by atoms with Crippen molar-refractivity contribution in [3.63, 3.8) is 0 Å². The molecule has 0 heterocycles. The fourth-order valence-electron chi connectivity index (χ4n) is 1.12. The van der Waals surface area contributed by atoms with Crippen molar-refractivity contribution in [2.24, 2.45) is 4.99 Å². The van der Waals surface area contributed by atoms with Gasteiger partial charge in [0.2, 0.25) is 0 Å². The van der Waals surface area contributed by atoms with Crippen LogP contribution in [0.5, 0.6) is 0 Å². The number of rotatable bonds is 2. The molecule has 0 aliphatic heterocycles. The molecule has 0 radical (unpaired) electrons. The number of aliphatic imine (C=N–C) groups is 1. The van der Waals surface area contributed by atoms with Gasteiger partial charge in [-0.25, -0.2) is 22.6 Å². The van der Waals surface area contributed by atoms with Crippen LogP contribution in [0.15, 0.2) is 4.99 Å². The second-order valence-corrected chi connectivity index (χ2v) is 3.07. The molecule has 0 aliphatic rings. The van der Waals surface area contributed by atoms with Crippen LogP contribution < -0.4 is 0 Å². The summed E-state index contributed by atoms with van der Waals surface area (Å²) in [4.78, 5) is 13.3. The van der Waals surface area contributed by atoms with E-state index in [1.54, 1.807) is 0 Å². The molecule has 0 fully saturated rings. The van der Waals surface area contributed by atoms with Crippen LogP contribution in [0.25, 0.3) is 0 Å². The molecule has 0 spiro atoms. The predicted molar refractivity (Wildman–Crippen MR) is 50.9 cm³/mol. The van der Waals surface area contributed by atoms with Gasteiger partial charge in [0.15, 0.2) is 29.2 Å². The smallest absolute Gasteiger partial charge is 0.299 e. The van der Waals surface area contributed by atoms with Gasteiger partial charge in [-0.1, -0.05) is 0 Å². The molecule has 0 N–H and O–H groups in total. The number of carbonyl (C=O) groups is 1. The Hall–Kier alpha value is -1.92. The lowest BCUT2D eigenvalue weighted by Crippen LogP contribution is -2.02.